The Morgan fingerprint density at radius 1 is 1.06 bits per heavy atom. The van der Waals surface area contributed by atoms with Crippen LogP contribution in [0.15, 0.2) is 72.8 Å². The summed E-state index contributed by atoms with van der Waals surface area (Å²) in [5.41, 5.74) is 3.52. The first-order chi connectivity index (χ1) is 15.5. The van der Waals surface area contributed by atoms with Gasteiger partial charge in [0.25, 0.3) is 0 Å². The molecule has 32 heavy (non-hydrogen) atoms. The van der Waals surface area contributed by atoms with Gasteiger partial charge in [0.2, 0.25) is 0 Å². The van der Waals surface area contributed by atoms with Crippen LogP contribution in [-0.4, -0.2) is 55.7 Å². The van der Waals surface area contributed by atoms with Gasteiger partial charge >= 0.3 is 5.97 Å². The maximum Gasteiger partial charge on any atom is 0.308 e. The first-order valence-electron chi connectivity index (χ1n) is 10.2. The monoisotopic (exact) mass is 434 g/mol. The van der Waals surface area contributed by atoms with Gasteiger partial charge in [-0.1, -0.05) is 72.8 Å². The number of benzene rings is 2. The van der Waals surface area contributed by atoms with E-state index in [1.54, 1.807) is 23.9 Å². The fraction of sp³-hybridized carbons (Fsp3) is 0.250. The number of aliphatic hydroxyl groups excluding tert-OH is 2. The number of hydrogen-bond acceptors (Lipinski definition) is 7. The smallest absolute Gasteiger partial charge is 0.308 e. The van der Waals surface area contributed by atoms with Gasteiger partial charge in [-0.2, -0.15) is 0 Å². The summed E-state index contributed by atoms with van der Waals surface area (Å²) in [6.45, 7) is 0. The van der Waals surface area contributed by atoms with E-state index in [1.807, 2.05) is 60.7 Å². The van der Waals surface area contributed by atoms with Crippen molar-refractivity contribution in [2.75, 3.05) is 7.11 Å². The normalized spacial score (nSPS) is 13.0. The first kappa shape index (κ1) is 23.1. The second-order valence-corrected chi connectivity index (χ2v) is 7.24. The number of aliphatic hydroxyl groups is 2. The molecular weight excluding hydrogens is 408 g/mol. The molecule has 0 radical (unpaired) electrons. The van der Waals surface area contributed by atoms with Gasteiger partial charge < -0.3 is 14.9 Å². The van der Waals surface area contributed by atoms with Crippen LogP contribution in [-0.2, 0) is 16.6 Å². The predicted octanol–water partition coefficient (Wildman–Crippen LogP) is 2.40. The highest BCUT2D eigenvalue weighted by Crippen LogP contribution is 2.32. The number of aryl methyl sites for hydroxylation is 1. The fourth-order valence-corrected chi connectivity index (χ4v) is 3.34. The zero-order valence-electron chi connectivity index (χ0n) is 18.0. The molecule has 3 aromatic rings. The van der Waals surface area contributed by atoms with E-state index in [2.05, 4.69) is 20.3 Å². The second kappa shape index (κ2) is 11.1. The number of tetrazole rings is 1. The number of ether oxygens (including phenoxy) is 1. The Morgan fingerprint density at radius 2 is 1.66 bits per heavy atom. The molecule has 3 rings (SSSR count). The Hall–Kier alpha value is -3.62. The minimum absolute atomic E-state index is 0.0120. The van der Waals surface area contributed by atoms with Crippen LogP contribution in [0, 0.1) is 0 Å². The molecule has 0 aliphatic carbocycles. The van der Waals surface area contributed by atoms with Gasteiger partial charge in [0.05, 0.1) is 25.7 Å². The van der Waals surface area contributed by atoms with Crippen molar-refractivity contribution in [1.29, 1.82) is 0 Å². The Morgan fingerprint density at radius 3 is 2.16 bits per heavy atom. The lowest BCUT2D eigenvalue weighted by Crippen LogP contribution is -2.20. The molecule has 2 aromatic carbocycles. The third kappa shape index (κ3) is 5.96. The lowest BCUT2D eigenvalue weighted by Gasteiger charge is -2.15. The van der Waals surface area contributed by atoms with Crippen LogP contribution in [0.3, 0.4) is 0 Å². The maximum absolute atomic E-state index is 11.4. The second-order valence-electron chi connectivity index (χ2n) is 7.24. The van der Waals surface area contributed by atoms with Gasteiger partial charge in [-0.3, -0.25) is 4.79 Å². The van der Waals surface area contributed by atoms with E-state index in [9.17, 15) is 15.0 Å². The molecule has 2 atom stereocenters. The number of hydrogen-bond donors (Lipinski definition) is 2. The zero-order valence-corrected chi connectivity index (χ0v) is 18.0. The number of esters is 1. The van der Waals surface area contributed by atoms with E-state index in [-0.39, 0.29) is 12.8 Å². The predicted molar refractivity (Wildman–Crippen MR) is 120 cm³/mol. The summed E-state index contributed by atoms with van der Waals surface area (Å²) in [5, 5.41) is 32.4. The number of allylic oxidation sites excluding steroid dienone is 2. The number of aromatic nitrogens is 4. The van der Waals surface area contributed by atoms with Crippen molar-refractivity contribution < 1.29 is 19.7 Å². The molecule has 2 N–H and O–H groups in total. The molecule has 0 fully saturated rings. The molecule has 0 saturated heterocycles. The van der Waals surface area contributed by atoms with Gasteiger partial charge in [-0.15, -0.1) is 5.10 Å². The number of carbonyl (C=O) groups excluding carboxylic acids is 1. The minimum atomic E-state index is -1.02. The summed E-state index contributed by atoms with van der Waals surface area (Å²) in [5.74, 6) is -0.0128. The van der Waals surface area contributed by atoms with Crippen molar-refractivity contribution >= 4 is 17.1 Å². The quantitative estimate of drug-likeness (QED) is 0.393. The van der Waals surface area contributed by atoms with Gasteiger partial charge in [0, 0.05) is 19.0 Å². The largest absolute Gasteiger partial charge is 0.469 e. The van der Waals surface area contributed by atoms with Crippen LogP contribution in [0.5, 0.6) is 0 Å². The van der Waals surface area contributed by atoms with E-state index in [1.165, 1.54) is 7.11 Å². The molecule has 1 heterocycles. The van der Waals surface area contributed by atoms with E-state index >= 15 is 0 Å². The third-order valence-corrected chi connectivity index (χ3v) is 4.88. The third-order valence-electron chi connectivity index (χ3n) is 4.88. The highest BCUT2D eigenvalue weighted by molar-refractivity contribution is 6.00. The molecule has 0 aliphatic heterocycles. The minimum Gasteiger partial charge on any atom is -0.469 e. The lowest BCUT2D eigenvalue weighted by molar-refractivity contribution is -0.143. The van der Waals surface area contributed by atoms with E-state index in [0.717, 1.165) is 16.7 Å². The Balaban J connectivity index is 2.05. The summed E-state index contributed by atoms with van der Waals surface area (Å²) < 4.78 is 6.12. The molecule has 0 amide bonds. The summed E-state index contributed by atoms with van der Waals surface area (Å²) in [4.78, 5) is 11.4. The summed E-state index contributed by atoms with van der Waals surface area (Å²) in [7, 11) is 3.00. The average Bonchev–Trinajstić information content (AvgIpc) is 3.23. The Kier molecular flexibility index (Phi) is 8.02. The first-order valence-corrected chi connectivity index (χ1v) is 10.2. The zero-order chi connectivity index (χ0) is 22.9. The van der Waals surface area contributed by atoms with Crippen molar-refractivity contribution in [1.82, 2.24) is 20.2 Å². The summed E-state index contributed by atoms with van der Waals surface area (Å²) in [6, 6.07) is 19.7. The van der Waals surface area contributed by atoms with Crippen molar-refractivity contribution in [3.8, 4) is 0 Å². The average molecular weight is 434 g/mol. The molecule has 166 valence electrons. The molecule has 1 aromatic heterocycles. The van der Waals surface area contributed by atoms with Crippen molar-refractivity contribution in [3.63, 3.8) is 0 Å². The van der Waals surface area contributed by atoms with Crippen LogP contribution in [0.25, 0.3) is 11.1 Å². The van der Waals surface area contributed by atoms with Crippen molar-refractivity contribution in [3.05, 3.63) is 89.8 Å². The van der Waals surface area contributed by atoms with Crippen LogP contribution in [0.4, 0.5) is 0 Å². The standard InChI is InChI=1S/C24H26N4O4/c1-28-24(25-26-27-28)21(14-13-19(29)15-20(30)16-22(31)32-2)23(17-9-5-3-6-10-17)18-11-7-4-8-12-18/h3-14,19-20,29-30H,15-16H2,1-2H3. The molecule has 0 aliphatic rings. The van der Waals surface area contributed by atoms with Crippen LogP contribution < -0.4 is 0 Å². The number of nitrogens with zero attached hydrogens (tertiary/aromatic N) is 4. The van der Waals surface area contributed by atoms with Gasteiger partial charge in [-0.05, 0) is 27.1 Å². The highest BCUT2D eigenvalue weighted by Gasteiger charge is 2.18. The number of carbonyl (C=O) groups is 1. The van der Waals surface area contributed by atoms with E-state index in [4.69, 9.17) is 0 Å². The van der Waals surface area contributed by atoms with E-state index in [0.29, 0.717) is 11.4 Å². The Labute approximate surface area is 186 Å². The van der Waals surface area contributed by atoms with Crippen LogP contribution >= 0.6 is 0 Å². The van der Waals surface area contributed by atoms with Crippen LogP contribution in [0.1, 0.15) is 29.8 Å². The number of rotatable bonds is 9. The summed E-state index contributed by atoms with van der Waals surface area (Å²) >= 11 is 0. The van der Waals surface area contributed by atoms with Gasteiger partial charge in [0.15, 0.2) is 5.82 Å². The fourth-order valence-electron chi connectivity index (χ4n) is 3.34. The van der Waals surface area contributed by atoms with Gasteiger partial charge in [0.1, 0.15) is 0 Å². The molecular formula is C24H26N4O4. The van der Waals surface area contributed by atoms with Gasteiger partial charge in [-0.25, -0.2) is 4.68 Å². The molecule has 0 bridgehead atoms. The maximum atomic E-state index is 11.4. The lowest BCUT2D eigenvalue weighted by atomic mass is 9.92. The van der Waals surface area contributed by atoms with Crippen molar-refractivity contribution in [2.24, 2.45) is 7.05 Å². The van der Waals surface area contributed by atoms with Crippen molar-refractivity contribution in [2.45, 2.75) is 25.0 Å². The molecule has 8 nitrogen and oxygen atoms in total. The molecule has 0 spiro atoms. The SMILES string of the molecule is COC(=O)CC(O)CC(O)C=CC(=C(c1ccccc1)c1ccccc1)c1nnnn1C. The van der Waals surface area contributed by atoms with E-state index < -0.39 is 18.2 Å². The molecule has 8 heteroatoms. The highest BCUT2D eigenvalue weighted by atomic mass is 16.5. The number of methoxy groups -OCH3 is 1. The topological polar surface area (TPSA) is 110 Å². The Bertz CT molecular complexity index is 1040. The molecule has 0 saturated carbocycles. The molecule has 2 unspecified atom stereocenters. The van der Waals surface area contributed by atoms with Crippen LogP contribution in [0.2, 0.25) is 0 Å². The summed E-state index contributed by atoms with van der Waals surface area (Å²) in [6.07, 6.45) is 1.11.